The molecule has 0 aliphatic carbocycles. The average molecular weight is 389 g/mol. The molecule has 5 heteroatoms. The highest BCUT2D eigenvalue weighted by Crippen LogP contribution is 2.24. The van der Waals surface area contributed by atoms with Gasteiger partial charge < -0.3 is 15.4 Å². The summed E-state index contributed by atoms with van der Waals surface area (Å²) in [7, 11) is 0. The van der Waals surface area contributed by atoms with E-state index in [1.54, 1.807) is 0 Å². The molecule has 0 aromatic heterocycles. The maximum atomic E-state index is 12.4. The van der Waals surface area contributed by atoms with Crippen LogP contribution in [0.2, 0.25) is 0 Å². The minimum atomic E-state index is 0. The fourth-order valence-electron chi connectivity index (χ4n) is 3.12. The zero-order valence-corrected chi connectivity index (χ0v) is 17.1. The van der Waals surface area contributed by atoms with Gasteiger partial charge in [0.1, 0.15) is 12.4 Å². The SMILES string of the molecule is CC(C)(C)c1ccc(OCc2ccc(C(=O)N3CC[C@@H](N)C3)cc2)cc1.Cl. The lowest BCUT2D eigenvalue weighted by Gasteiger charge is -2.19. The number of nitrogens with zero attached hydrogens (tertiary/aromatic N) is 1. The molecule has 1 amide bonds. The van der Waals surface area contributed by atoms with Crippen molar-refractivity contribution in [3.05, 3.63) is 65.2 Å². The normalized spacial score (nSPS) is 16.7. The van der Waals surface area contributed by atoms with Crippen LogP contribution in [-0.4, -0.2) is 29.9 Å². The topological polar surface area (TPSA) is 55.6 Å². The number of amides is 1. The first-order chi connectivity index (χ1) is 12.3. The van der Waals surface area contributed by atoms with Crippen LogP contribution in [-0.2, 0) is 12.0 Å². The third kappa shape index (κ3) is 5.47. The van der Waals surface area contributed by atoms with Gasteiger partial charge in [0.05, 0.1) is 0 Å². The van der Waals surface area contributed by atoms with Crippen LogP contribution in [0.25, 0.3) is 0 Å². The summed E-state index contributed by atoms with van der Waals surface area (Å²) in [5.74, 6) is 0.910. The summed E-state index contributed by atoms with van der Waals surface area (Å²) in [4.78, 5) is 14.3. The van der Waals surface area contributed by atoms with Gasteiger partial charge >= 0.3 is 0 Å². The van der Waals surface area contributed by atoms with Gasteiger partial charge in [0.2, 0.25) is 0 Å². The van der Waals surface area contributed by atoms with E-state index in [0.717, 1.165) is 24.3 Å². The molecule has 1 aliphatic rings. The molecule has 2 N–H and O–H groups in total. The van der Waals surface area contributed by atoms with Crippen LogP contribution in [0.5, 0.6) is 5.75 Å². The lowest BCUT2D eigenvalue weighted by molar-refractivity contribution is 0.0791. The van der Waals surface area contributed by atoms with Crippen molar-refractivity contribution in [2.24, 2.45) is 5.73 Å². The quantitative estimate of drug-likeness (QED) is 0.855. The van der Waals surface area contributed by atoms with Crippen molar-refractivity contribution in [3.63, 3.8) is 0 Å². The van der Waals surface area contributed by atoms with E-state index in [4.69, 9.17) is 10.5 Å². The highest BCUT2D eigenvalue weighted by molar-refractivity contribution is 5.94. The highest BCUT2D eigenvalue weighted by atomic mass is 35.5. The lowest BCUT2D eigenvalue weighted by Crippen LogP contribution is -2.31. The van der Waals surface area contributed by atoms with Crippen LogP contribution in [0.1, 0.15) is 48.7 Å². The van der Waals surface area contributed by atoms with Crippen molar-refractivity contribution < 1.29 is 9.53 Å². The van der Waals surface area contributed by atoms with E-state index in [-0.39, 0.29) is 29.8 Å². The molecule has 1 atom stereocenters. The summed E-state index contributed by atoms with van der Waals surface area (Å²) in [5.41, 5.74) is 9.06. The Hall–Kier alpha value is -2.04. The number of carbonyl (C=O) groups excluding carboxylic acids is 1. The Labute approximate surface area is 168 Å². The molecule has 0 saturated carbocycles. The monoisotopic (exact) mass is 388 g/mol. The molecule has 0 radical (unpaired) electrons. The maximum Gasteiger partial charge on any atom is 0.253 e. The smallest absolute Gasteiger partial charge is 0.253 e. The molecule has 146 valence electrons. The molecule has 0 spiro atoms. The Morgan fingerprint density at radius 2 is 1.74 bits per heavy atom. The fourth-order valence-corrected chi connectivity index (χ4v) is 3.12. The van der Waals surface area contributed by atoms with Crippen molar-refractivity contribution >= 4 is 18.3 Å². The van der Waals surface area contributed by atoms with Gasteiger partial charge in [-0.1, -0.05) is 45.0 Å². The number of halogens is 1. The zero-order chi connectivity index (χ0) is 18.7. The van der Waals surface area contributed by atoms with Crippen molar-refractivity contribution in [1.29, 1.82) is 0 Å². The number of rotatable bonds is 4. The van der Waals surface area contributed by atoms with Crippen molar-refractivity contribution in [1.82, 2.24) is 4.90 Å². The number of hydrogen-bond acceptors (Lipinski definition) is 3. The molecule has 1 saturated heterocycles. The van der Waals surface area contributed by atoms with Crippen LogP contribution in [0.3, 0.4) is 0 Å². The van der Waals surface area contributed by atoms with E-state index < -0.39 is 0 Å². The Balaban J connectivity index is 0.00000261. The molecule has 0 unspecified atom stereocenters. The summed E-state index contributed by atoms with van der Waals surface area (Å²) < 4.78 is 5.86. The summed E-state index contributed by atoms with van der Waals surface area (Å²) in [5, 5.41) is 0. The molecule has 4 nitrogen and oxygen atoms in total. The van der Waals surface area contributed by atoms with E-state index in [1.165, 1.54) is 5.56 Å². The van der Waals surface area contributed by atoms with E-state index in [2.05, 4.69) is 32.9 Å². The van der Waals surface area contributed by atoms with Crippen LogP contribution >= 0.6 is 12.4 Å². The third-order valence-electron chi connectivity index (χ3n) is 4.84. The molecular weight excluding hydrogens is 360 g/mol. The number of carbonyl (C=O) groups is 1. The van der Waals surface area contributed by atoms with Crippen LogP contribution in [0, 0.1) is 0 Å². The molecule has 2 aromatic carbocycles. The van der Waals surface area contributed by atoms with E-state index in [9.17, 15) is 4.79 Å². The van der Waals surface area contributed by atoms with Crippen molar-refractivity contribution in [2.75, 3.05) is 13.1 Å². The minimum absolute atomic E-state index is 0. The first-order valence-electron chi connectivity index (χ1n) is 9.20. The Kier molecular flexibility index (Phi) is 6.90. The Morgan fingerprint density at radius 3 is 2.26 bits per heavy atom. The predicted molar refractivity (Wildman–Crippen MR) is 112 cm³/mol. The average Bonchev–Trinajstić information content (AvgIpc) is 3.06. The first-order valence-corrected chi connectivity index (χ1v) is 9.20. The van der Waals surface area contributed by atoms with E-state index in [1.807, 2.05) is 41.3 Å². The maximum absolute atomic E-state index is 12.4. The second kappa shape index (κ2) is 8.77. The Morgan fingerprint density at radius 1 is 1.11 bits per heavy atom. The molecule has 2 aromatic rings. The van der Waals surface area contributed by atoms with Gasteiger partial charge in [-0.05, 0) is 47.2 Å². The largest absolute Gasteiger partial charge is 0.489 e. The van der Waals surface area contributed by atoms with Gasteiger partial charge in [0.25, 0.3) is 5.91 Å². The molecule has 27 heavy (non-hydrogen) atoms. The summed E-state index contributed by atoms with van der Waals surface area (Å²) in [6.07, 6.45) is 0.881. The van der Waals surface area contributed by atoms with Gasteiger partial charge in [-0.15, -0.1) is 12.4 Å². The first kappa shape index (κ1) is 21.3. The number of hydrogen-bond donors (Lipinski definition) is 1. The summed E-state index contributed by atoms with van der Waals surface area (Å²) in [6, 6.07) is 16.0. The second-order valence-electron chi connectivity index (χ2n) is 8.06. The van der Waals surface area contributed by atoms with Crippen LogP contribution in [0.4, 0.5) is 0 Å². The summed E-state index contributed by atoms with van der Waals surface area (Å²) >= 11 is 0. The molecule has 1 aliphatic heterocycles. The number of nitrogens with two attached hydrogens (primary N) is 1. The van der Waals surface area contributed by atoms with Gasteiger partial charge in [-0.25, -0.2) is 0 Å². The second-order valence-corrected chi connectivity index (χ2v) is 8.06. The van der Waals surface area contributed by atoms with Gasteiger partial charge in [0, 0.05) is 24.7 Å². The molecular formula is C22H29ClN2O2. The standard InChI is InChI=1S/C22H28N2O2.ClH/c1-22(2,3)18-8-10-20(11-9-18)26-15-16-4-6-17(7-5-16)21(25)24-13-12-19(23)14-24;/h4-11,19H,12-15,23H2,1-3H3;1H/t19-;/m1./s1. The third-order valence-corrected chi connectivity index (χ3v) is 4.84. The number of benzene rings is 2. The number of likely N-dealkylation sites (tertiary alicyclic amines) is 1. The molecule has 0 bridgehead atoms. The molecule has 3 rings (SSSR count). The van der Waals surface area contributed by atoms with Gasteiger partial charge in [-0.2, -0.15) is 0 Å². The van der Waals surface area contributed by atoms with Crippen molar-refractivity contribution in [2.45, 2.75) is 45.3 Å². The van der Waals surface area contributed by atoms with Gasteiger partial charge in [-0.3, -0.25) is 4.79 Å². The molecule has 1 heterocycles. The highest BCUT2D eigenvalue weighted by Gasteiger charge is 2.24. The summed E-state index contributed by atoms with van der Waals surface area (Å²) in [6.45, 7) is 8.46. The van der Waals surface area contributed by atoms with E-state index in [0.29, 0.717) is 18.7 Å². The fraction of sp³-hybridized carbons (Fsp3) is 0.409. The Bertz CT molecular complexity index is 751. The van der Waals surface area contributed by atoms with Crippen molar-refractivity contribution in [3.8, 4) is 5.75 Å². The number of ether oxygens (including phenoxy) is 1. The van der Waals surface area contributed by atoms with Gasteiger partial charge in [0.15, 0.2) is 0 Å². The predicted octanol–water partition coefficient (Wildman–Crippen LogP) is 4.16. The minimum Gasteiger partial charge on any atom is -0.489 e. The van der Waals surface area contributed by atoms with Crippen LogP contribution in [0.15, 0.2) is 48.5 Å². The van der Waals surface area contributed by atoms with Crippen LogP contribution < -0.4 is 10.5 Å². The molecule has 1 fully saturated rings. The lowest BCUT2D eigenvalue weighted by atomic mass is 9.87. The van der Waals surface area contributed by atoms with E-state index >= 15 is 0 Å². The zero-order valence-electron chi connectivity index (χ0n) is 16.3.